The lowest BCUT2D eigenvalue weighted by atomic mass is 10.1. The van der Waals surface area contributed by atoms with Crippen LogP contribution in [0.1, 0.15) is 69.6 Å². The fraction of sp³-hybridized carbons (Fsp3) is 0.769. The van der Waals surface area contributed by atoms with Crippen molar-refractivity contribution >= 4 is 0 Å². The molecule has 0 aromatic carbocycles. The molecule has 0 saturated heterocycles. The van der Waals surface area contributed by atoms with Crippen LogP contribution in [0.5, 0.6) is 0 Å². The summed E-state index contributed by atoms with van der Waals surface area (Å²) in [5, 5.41) is 14.2. The Morgan fingerprint density at radius 1 is 1.38 bits per heavy atom. The average Bonchev–Trinajstić information content (AvgIpc) is 2.64. The number of aliphatic hydroxyl groups excluding tert-OH is 1. The van der Waals surface area contributed by atoms with Gasteiger partial charge in [0.05, 0.1) is 18.3 Å². The van der Waals surface area contributed by atoms with Crippen molar-refractivity contribution in [1.29, 1.82) is 0 Å². The number of aliphatic hydroxyl groups is 1. The molecule has 3 heteroatoms. The summed E-state index contributed by atoms with van der Waals surface area (Å²) in [6, 6.07) is 0.556. The topological polar surface area (TPSA) is 38.1 Å². The van der Waals surface area contributed by atoms with Crippen molar-refractivity contribution in [2.45, 2.75) is 64.0 Å². The first-order chi connectivity index (χ1) is 7.81. The molecular weight excluding hydrogens is 200 g/mol. The Morgan fingerprint density at radius 2 is 2.06 bits per heavy atom. The normalized spacial score (nSPS) is 20.6. The van der Waals surface area contributed by atoms with Crippen LogP contribution in [0.2, 0.25) is 0 Å². The summed E-state index contributed by atoms with van der Waals surface area (Å²) in [6.07, 6.45) is 12.1. The van der Waals surface area contributed by atoms with Gasteiger partial charge in [-0.1, -0.05) is 32.6 Å². The minimum absolute atomic E-state index is 0.348. The van der Waals surface area contributed by atoms with Gasteiger partial charge in [0.15, 0.2) is 0 Å². The van der Waals surface area contributed by atoms with Crippen LogP contribution in [0.15, 0.2) is 12.4 Å². The van der Waals surface area contributed by atoms with Crippen molar-refractivity contribution in [2.75, 3.05) is 0 Å². The summed E-state index contributed by atoms with van der Waals surface area (Å²) in [4.78, 5) is 0. The van der Waals surface area contributed by atoms with Gasteiger partial charge >= 0.3 is 0 Å². The van der Waals surface area contributed by atoms with Gasteiger partial charge in [0.2, 0.25) is 0 Å². The highest BCUT2D eigenvalue weighted by molar-refractivity contribution is 5.08. The fourth-order valence-electron chi connectivity index (χ4n) is 2.48. The van der Waals surface area contributed by atoms with Crippen LogP contribution in [0.4, 0.5) is 0 Å². The van der Waals surface area contributed by atoms with E-state index in [0.29, 0.717) is 6.04 Å². The van der Waals surface area contributed by atoms with Gasteiger partial charge in [0.25, 0.3) is 0 Å². The van der Waals surface area contributed by atoms with Crippen LogP contribution < -0.4 is 0 Å². The molecule has 0 aliphatic heterocycles. The number of nitrogens with zero attached hydrogens (tertiary/aromatic N) is 2. The van der Waals surface area contributed by atoms with Crippen LogP contribution in [-0.4, -0.2) is 14.9 Å². The van der Waals surface area contributed by atoms with Gasteiger partial charge in [-0.3, -0.25) is 4.68 Å². The van der Waals surface area contributed by atoms with E-state index in [-0.39, 0.29) is 6.10 Å². The summed E-state index contributed by atoms with van der Waals surface area (Å²) >= 11 is 0. The molecule has 1 N–H and O–H groups in total. The van der Waals surface area contributed by atoms with Gasteiger partial charge in [-0.2, -0.15) is 5.10 Å². The van der Waals surface area contributed by atoms with Crippen LogP contribution >= 0.6 is 0 Å². The quantitative estimate of drug-likeness (QED) is 0.797. The van der Waals surface area contributed by atoms with E-state index >= 15 is 0 Å². The second-order valence-electron chi connectivity index (χ2n) is 4.82. The molecule has 1 aromatic heterocycles. The first kappa shape index (κ1) is 11.6. The lowest BCUT2D eigenvalue weighted by Crippen LogP contribution is -2.08. The van der Waals surface area contributed by atoms with E-state index in [1.165, 1.54) is 38.5 Å². The molecule has 1 saturated carbocycles. The zero-order valence-corrected chi connectivity index (χ0v) is 10.1. The predicted molar refractivity (Wildman–Crippen MR) is 64.2 cm³/mol. The zero-order valence-electron chi connectivity index (χ0n) is 10.1. The third kappa shape index (κ3) is 2.64. The SMILES string of the molecule is CCC(O)c1cnn(C2CCCCCC2)c1. The Morgan fingerprint density at radius 3 is 2.69 bits per heavy atom. The minimum atomic E-state index is -0.348. The predicted octanol–water partition coefficient (Wildman–Crippen LogP) is 3.22. The average molecular weight is 222 g/mol. The molecule has 1 aliphatic carbocycles. The molecular formula is C13H22N2O. The molecule has 0 radical (unpaired) electrons. The molecule has 16 heavy (non-hydrogen) atoms. The molecule has 2 rings (SSSR count). The molecule has 1 fully saturated rings. The zero-order chi connectivity index (χ0) is 11.4. The summed E-state index contributed by atoms with van der Waals surface area (Å²) in [6.45, 7) is 1.99. The molecule has 90 valence electrons. The first-order valence-corrected chi connectivity index (χ1v) is 6.53. The third-order valence-electron chi connectivity index (χ3n) is 3.59. The Balaban J connectivity index is 2.05. The highest BCUT2D eigenvalue weighted by Crippen LogP contribution is 2.27. The number of rotatable bonds is 3. The van der Waals surface area contributed by atoms with E-state index in [9.17, 15) is 5.11 Å². The third-order valence-corrected chi connectivity index (χ3v) is 3.59. The van der Waals surface area contributed by atoms with Gasteiger partial charge in [0, 0.05) is 11.8 Å². The molecule has 1 aliphatic rings. The monoisotopic (exact) mass is 222 g/mol. The van der Waals surface area contributed by atoms with Crippen LogP contribution in [-0.2, 0) is 0 Å². The van der Waals surface area contributed by atoms with Gasteiger partial charge in [-0.05, 0) is 19.3 Å². The van der Waals surface area contributed by atoms with Gasteiger partial charge in [-0.25, -0.2) is 0 Å². The Hall–Kier alpha value is -0.830. The van der Waals surface area contributed by atoms with Crippen LogP contribution in [0.3, 0.4) is 0 Å². The second kappa shape index (κ2) is 5.48. The van der Waals surface area contributed by atoms with Crippen molar-refractivity contribution in [3.05, 3.63) is 18.0 Å². The fourth-order valence-corrected chi connectivity index (χ4v) is 2.48. The van der Waals surface area contributed by atoms with Gasteiger partial charge in [0.1, 0.15) is 0 Å². The van der Waals surface area contributed by atoms with Crippen molar-refractivity contribution in [1.82, 2.24) is 9.78 Å². The summed E-state index contributed by atoms with van der Waals surface area (Å²) in [5.41, 5.74) is 0.965. The van der Waals surface area contributed by atoms with Gasteiger partial charge < -0.3 is 5.11 Å². The lowest BCUT2D eigenvalue weighted by Gasteiger charge is -2.14. The second-order valence-corrected chi connectivity index (χ2v) is 4.82. The van der Waals surface area contributed by atoms with E-state index in [2.05, 4.69) is 9.78 Å². The lowest BCUT2D eigenvalue weighted by molar-refractivity contribution is 0.173. The minimum Gasteiger partial charge on any atom is -0.388 e. The smallest absolute Gasteiger partial charge is 0.0817 e. The summed E-state index contributed by atoms with van der Waals surface area (Å²) < 4.78 is 2.07. The van der Waals surface area contributed by atoms with Crippen LogP contribution in [0.25, 0.3) is 0 Å². The van der Waals surface area contributed by atoms with Crippen LogP contribution in [0, 0.1) is 0 Å². The Labute approximate surface area is 97.5 Å². The molecule has 1 unspecified atom stereocenters. The van der Waals surface area contributed by atoms with Crippen molar-refractivity contribution < 1.29 is 5.11 Å². The molecule has 0 bridgehead atoms. The van der Waals surface area contributed by atoms with E-state index < -0.39 is 0 Å². The first-order valence-electron chi connectivity index (χ1n) is 6.53. The van der Waals surface area contributed by atoms with E-state index in [1.807, 2.05) is 19.3 Å². The number of hydrogen-bond donors (Lipinski definition) is 1. The van der Waals surface area contributed by atoms with Crippen molar-refractivity contribution in [3.8, 4) is 0 Å². The summed E-state index contributed by atoms with van der Waals surface area (Å²) in [5.74, 6) is 0. The van der Waals surface area contributed by atoms with Crippen molar-refractivity contribution in [2.24, 2.45) is 0 Å². The number of hydrogen-bond acceptors (Lipinski definition) is 2. The molecule has 0 amide bonds. The maximum absolute atomic E-state index is 9.74. The molecule has 1 heterocycles. The molecule has 1 atom stereocenters. The highest BCUT2D eigenvalue weighted by Gasteiger charge is 2.16. The standard InChI is InChI=1S/C13H22N2O/c1-2-13(16)11-9-14-15(10-11)12-7-5-3-4-6-8-12/h9-10,12-13,16H,2-8H2,1H3. The van der Waals surface area contributed by atoms with E-state index in [1.54, 1.807) is 0 Å². The highest BCUT2D eigenvalue weighted by atomic mass is 16.3. The molecule has 1 aromatic rings. The van der Waals surface area contributed by atoms with Gasteiger partial charge in [-0.15, -0.1) is 0 Å². The summed E-state index contributed by atoms with van der Waals surface area (Å²) in [7, 11) is 0. The molecule has 3 nitrogen and oxygen atoms in total. The Kier molecular flexibility index (Phi) is 3.99. The van der Waals surface area contributed by atoms with Crippen molar-refractivity contribution in [3.63, 3.8) is 0 Å². The van der Waals surface area contributed by atoms with E-state index in [0.717, 1.165) is 12.0 Å². The maximum Gasteiger partial charge on any atom is 0.0817 e. The molecule has 0 spiro atoms. The maximum atomic E-state index is 9.74. The largest absolute Gasteiger partial charge is 0.388 e. The van der Waals surface area contributed by atoms with E-state index in [4.69, 9.17) is 0 Å². The Bertz CT molecular complexity index is 313. The number of aromatic nitrogens is 2.